The molecule has 0 N–H and O–H groups in total. The molecular weight excluding hydrogens is 200 g/mol. The monoisotopic (exact) mass is 209 g/mol. The van der Waals surface area contributed by atoms with E-state index in [9.17, 15) is 0 Å². The Labute approximate surface area is 92.5 Å². The van der Waals surface area contributed by atoms with Crippen molar-refractivity contribution in [3.8, 4) is 5.69 Å². The van der Waals surface area contributed by atoms with Crippen molar-refractivity contribution in [2.45, 2.75) is 0 Å². The average molecular weight is 209 g/mol. The van der Waals surface area contributed by atoms with E-state index in [-0.39, 0.29) is 0 Å². The van der Waals surface area contributed by atoms with E-state index in [2.05, 4.69) is 28.4 Å². The van der Waals surface area contributed by atoms with E-state index >= 15 is 0 Å². The van der Waals surface area contributed by atoms with Gasteiger partial charge in [0.25, 0.3) is 0 Å². The highest BCUT2D eigenvalue weighted by Gasteiger charge is 2.06. The van der Waals surface area contributed by atoms with Gasteiger partial charge >= 0.3 is 0 Å². The Kier molecular flexibility index (Phi) is 1.93. The van der Waals surface area contributed by atoms with Gasteiger partial charge in [-0.2, -0.15) is 0 Å². The Hall–Kier alpha value is -2.23. The third-order valence-corrected chi connectivity index (χ3v) is 2.58. The number of fused-ring (bicyclic) bond motifs is 1. The lowest BCUT2D eigenvalue weighted by Crippen LogP contribution is -2.01. The van der Waals surface area contributed by atoms with Crippen LogP contribution in [0.15, 0.2) is 42.7 Å². The molecular formula is C12H9N4. The van der Waals surface area contributed by atoms with E-state index in [0.717, 1.165) is 22.0 Å². The van der Waals surface area contributed by atoms with Gasteiger partial charge in [-0.25, -0.2) is 0 Å². The van der Waals surface area contributed by atoms with Crippen LogP contribution in [0.1, 0.15) is 5.56 Å². The van der Waals surface area contributed by atoms with Crippen molar-refractivity contribution in [1.82, 2.24) is 20.2 Å². The van der Waals surface area contributed by atoms with E-state index < -0.39 is 0 Å². The normalized spacial score (nSPS) is 10.8. The Morgan fingerprint density at radius 2 is 1.94 bits per heavy atom. The minimum atomic E-state index is 0.858. The fourth-order valence-electron chi connectivity index (χ4n) is 1.79. The van der Waals surface area contributed by atoms with Crippen LogP contribution in [0.5, 0.6) is 0 Å². The molecule has 0 saturated heterocycles. The summed E-state index contributed by atoms with van der Waals surface area (Å²) >= 11 is 0. The van der Waals surface area contributed by atoms with Gasteiger partial charge in [0.15, 0.2) is 6.33 Å². The molecule has 3 rings (SSSR count). The third kappa shape index (κ3) is 1.27. The number of hydrogen-bond donors (Lipinski definition) is 0. The van der Waals surface area contributed by atoms with Crippen molar-refractivity contribution in [2.75, 3.05) is 0 Å². The zero-order valence-electron chi connectivity index (χ0n) is 8.54. The lowest BCUT2D eigenvalue weighted by atomic mass is 10.0. The SMILES string of the molecule is [CH2]c1c(-n2ncnn2)ccc2ccccc12. The lowest BCUT2D eigenvalue weighted by Gasteiger charge is -2.07. The second-order valence-electron chi connectivity index (χ2n) is 3.51. The first-order valence-corrected chi connectivity index (χ1v) is 4.93. The van der Waals surface area contributed by atoms with Gasteiger partial charge in [0.1, 0.15) is 0 Å². The molecule has 4 nitrogen and oxygen atoms in total. The quantitative estimate of drug-likeness (QED) is 0.615. The van der Waals surface area contributed by atoms with Crippen LogP contribution in [0, 0.1) is 6.92 Å². The molecule has 0 aliphatic rings. The minimum absolute atomic E-state index is 0.858. The molecule has 0 atom stereocenters. The molecule has 2 aromatic carbocycles. The molecule has 1 aromatic heterocycles. The molecule has 0 saturated carbocycles. The minimum Gasteiger partial charge on any atom is -0.135 e. The molecule has 0 fully saturated rings. The van der Waals surface area contributed by atoms with E-state index in [4.69, 9.17) is 0 Å². The van der Waals surface area contributed by atoms with Crippen LogP contribution < -0.4 is 0 Å². The van der Waals surface area contributed by atoms with Gasteiger partial charge in [-0.15, -0.1) is 15.0 Å². The molecule has 0 unspecified atom stereocenters. The van der Waals surface area contributed by atoms with Gasteiger partial charge in [0, 0.05) is 0 Å². The molecule has 1 heterocycles. The predicted octanol–water partition coefficient (Wildman–Crippen LogP) is 2.00. The van der Waals surface area contributed by atoms with E-state index in [1.54, 1.807) is 0 Å². The van der Waals surface area contributed by atoms with Crippen LogP contribution >= 0.6 is 0 Å². The standard InChI is InChI=1S/C12H9N4/c1-9-11-5-3-2-4-10(11)6-7-12(9)16-14-8-13-15-16/h2-8H,1H2. The molecule has 0 amide bonds. The zero-order chi connectivity index (χ0) is 11.0. The highest BCUT2D eigenvalue weighted by atomic mass is 15.6. The predicted molar refractivity (Wildman–Crippen MR) is 61.1 cm³/mol. The maximum absolute atomic E-state index is 4.08. The summed E-state index contributed by atoms with van der Waals surface area (Å²) < 4.78 is 0. The summed E-state index contributed by atoms with van der Waals surface area (Å²) in [7, 11) is 0. The van der Waals surface area contributed by atoms with Crippen molar-refractivity contribution in [1.29, 1.82) is 0 Å². The molecule has 0 bridgehead atoms. The Bertz CT molecular complexity index is 629. The maximum Gasteiger partial charge on any atom is 0.162 e. The maximum atomic E-state index is 4.08. The van der Waals surface area contributed by atoms with Crippen molar-refractivity contribution in [3.63, 3.8) is 0 Å². The average Bonchev–Trinajstić information content (AvgIpc) is 2.83. The number of rotatable bonds is 1. The largest absolute Gasteiger partial charge is 0.162 e. The first kappa shape index (κ1) is 9.03. The van der Waals surface area contributed by atoms with Crippen LogP contribution in [0.4, 0.5) is 0 Å². The van der Waals surface area contributed by atoms with Crippen LogP contribution in [0.25, 0.3) is 16.5 Å². The summed E-state index contributed by atoms with van der Waals surface area (Å²) in [4.78, 5) is 1.48. The number of benzene rings is 2. The van der Waals surface area contributed by atoms with Gasteiger partial charge in [-0.3, -0.25) is 0 Å². The third-order valence-electron chi connectivity index (χ3n) is 2.58. The number of aromatic nitrogens is 4. The summed E-state index contributed by atoms with van der Waals surface area (Å²) in [6, 6.07) is 12.1. The molecule has 0 aliphatic heterocycles. The van der Waals surface area contributed by atoms with Gasteiger partial charge in [0.05, 0.1) is 5.69 Å². The number of nitrogens with zero attached hydrogens (tertiary/aromatic N) is 4. The Balaban J connectivity index is 2.32. The summed E-state index contributed by atoms with van der Waals surface area (Å²) in [6.07, 6.45) is 1.41. The fraction of sp³-hybridized carbons (Fsp3) is 0. The second kappa shape index (κ2) is 3.41. The molecule has 0 aliphatic carbocycles. The highest BCUT2D eigenvalue weighted by Crippen LogP contribution is 2.23. The van der Waals surface area contributed by atoms with Gasteiger partial charge in [-0.1, -0.05) is 30.3 Å². The fourth-order valence-corrected chi connectivity index (χ4v) is 1.79. The summed E-state index contributed by atoms with van der Waals surface area (Å²) in [5.41, 5.74) is 1.77. The highest BCUT2D eigenvalue weighted by molar-refractivity contribution is 5.89. The molecule has 4 heteroatoms. The van der Waals surface area contributed by atoms with Gasteiger partial charge in [0.2, 0.25) is 0 Å². The molecule has 3 aromatic rings. The first-order chi connectivity index (χ1) is 7.86. The van der Waals surface area contributed by atoms with Crippen molar-refractivity contribution in [2.24, 2.45) is 0 Å². The Morgan fingerprint density at radius 3 is 2.75 bits per heavy atom. The van der Waals surface area contributed by atoms with Crippen LogP contribution in [0.3, 0.4) is 0 Å². The summed E-state index contributed by atoms with van der Waals surface area (Å²) in [5, 5.41) is 13.8. The van der Waals surface area contributed by atoms with Gasteiger partial charge < -0.3 is 0 Å². The van der Waals surface area contributed by atoms with Crippen LogP contribution in [-0.4, -0.2) is 20.2 Å². The topological polar surface area (TPSA) is 43.6 Å². The number of hydrogen-bond acceptors (Lipinski definition) is 3. The molecule has 0 spiro atoms. The van der Waals surface area contributed by atoms with Crippen LogP contribution in [0.2, 0.25) is 0 Å². The lowest BCUT2D eigenvalue weighted by molar-refractivity contribution is 0.718. The van der Waals surface area contributed by atoms with E-state index in [1.807, 2.05) is 30.3 Å². The zero-order valence-corrected chi connectivity index (χ0v) is 8.54. The second-order valence-corrected chi connectivity index (χ2v) is 3.51. The van der Waals surface area contributed by atoms with E-state index in [0.29, 0.717) is 0 Å². The first-order valence-electron chi connectivity index (χ1n) is 4.93. The van der Waals surface area contributed by atoms with Crippen molar-refractivity contribution in [3.05, 3.63) is 55.2 Å². The molecule has 16 heavy (non-hydrogen) atoms. The van der Waals surface area contributed by atoms with Crippen molar-refractivity contribution >= 4 is 10.8 Å². The summed E-state index contributed by atoms with van der Waals surface area (Å²) in [5.74, 6) is 0. The van der Waals surface area contributed by atoms with Gasteiger partial charge in [-0.05, 0) is 34.5 Å². The molecule has 77 valence electrons. The van der Waals surface area contributed by atoms with Crippen LogP contribution in [-0.2, 0) is 0 Å². The summed E-state index contributed by atoms with van der Waals surface area (Å²) in [6.45, 7) is 4.08. The van der Waals surface area contributed by atoms with E-state index in [1.165, 1.54) is 11.1 Å². The number of tetrazole rings is 1. The molecule has 1 radical (unpaired) electrons. The Morgan fingerprint density at radius 1 is 1.06 bits per heavy atom. The smallest absolute Gasteiger partial charge is 0.135 e. The van der Waals surface area contributed by atoms with Crippen molar-refractivity contribution < 1.29 is 0 Å².